The largest absolute Gasteiger partial charge is 0.331 e. The molecule has 0 amide bonds. The third kappa shape index (κ3) is 2.73. The van der Waals surface area contributed by atoms with E-state index in [1.165, 1.54) is 42.1 Å². The van der Waals surface area contributed by atoms with Gasteiger partial charge in [0.15, 0.2) is 0 Å². The highest BCUT2D eigenvalue weighted by atomic mass is 32.1. The van der Waals surface area contributed by atoms with Crippen molar-refractivity contribution in [3.05, 3.63) is 115 Å². The molecule has 0 aliphatic heterocycles. The quantitative estimate of drug-likeness (QED) is 0.259. The van der Waals surface area contributed by atoms with E-state index in [-0.39, 0.29) is 12.0 Å². The Kier molecular flexibility index (Phi) is 4.24. The van der Waals surface area contributed by atoms with Crippen molar-refractivity contribution in [3.8, 4) is 6.07 Å². The SMILES string of the molecule is N#CC1C=CC=C(c2ccc3sc4ccccc4c3c2)C1n1c2ccccc2c2ccccc21. The second kappa shape index (κ2) is 7.45. The minimum Gasteiger partial charge on any atom is -0.331 e. The molecule has 0 spiro atoms. The highest BCUT2D eigenvalue weighted by Crippen LogP contribution is 2.44. The number of para-hydroxylation sites is 2. The zero-order chi connectivity index (χ0) is 22.6. The number of hydrogen-bond acceptors (Lipinski definition) is 2. The molecule has 4 aromatic carbocycles. The first-order valence-electron chi connectivity index (χ1n) is 11.5. The lowest BCUT2D eigenvalue weighted by Crippen LogP contribution is -2.20. The van der Waals surface area contributed by atoms with Crippen LogP contribution in [0.15, 0.2) is 109 Å². The number of allylic oxidation sites excluding steroid dienone is 4. The molecule has 2 heterocycles. The number of hydrogen-bond donors (Lipinski definition) is 0. The average molecular weight is 453 g/mol. The Morgan fingerprint density at radius 1 is 0.706 bits per heavy atom. The van der Waals surface area contributed by atoms with Crippen LogP contribution in [-0.4, -0.2) is 4.57 Å². The minimum atomic E-state index is -0.255. The smallest absolute Gasteiger partial charge is 0.0895 e. The van der Waals surface area contributed by atoms with Crippen molar-refractivity contribution in [1.82, 2.24) is 4.57 Å². The molecule has 0 fully saturated rings. The Bertz CT molecular complexity index is 1790. The molecule has 1 aliphatic carbocycles. The molecule has 2 aromatic heterocycles. The molecule has 1 aliphatic rings. The lowest BCUT2D eigenvalue weighted by atomic mass is 9.84. The van der Waals surface area contributed by atoms with Crippen molar-refractivity contribution >= 4 is 58.9 Å². The zero-order valence-electron chi connectivity index (χ0n) is 18.3. The second-order valence-corrected chi connectivity index (χ2v) is 9.90. The summed E-state index contributed by atoms with van der Waals surface area (Å²) in [5.74, 6) is -0.255. The van der Waals surface area contributed by atoms with Gasteiger partial charge in [0.05, 0.1) is 18.0 Å². The van der Waals surface area contributed by atoms with Gasteiger partial charge in [-0.3, -0.25) is 0 Å². The van der Waals surface area contributed by atoms with Crippen LogP contribution in [0.1, 0.15) is 11.6 Å². The van der Waals surface area contributed by atoms with Crippen molar-refractivity contribution in [1.29, 1.82) is 5.26 Å². The predicted molar refractivity (Wildman–Crippen MR) is 144 cm³/mol. The molecular weight excluding hydrogens is 432 g/mol. The van der Waals surface area contributed by atoms with E-state index >= 15 is 0 Å². The number of fused-ring (bicyclic) bond motifs is 6. The van der Waals surface area contributed by atoms with Crippen LogP contribution in [0.3, 0.4) is 0 Å². The Hall–Kier alpha value is -4.13. The summed E-state index contributed by atoms with van der Waals surface area (Å²) in [6.07, 6.45) is 6.28. The van der Waals surface area contributed by atoms with E-state index in [2.05, 4.69) is 108 Å². The van der Waals surface area contributed by atoms with E-state index in [1.807, 2.05) is 23.5 Å². The van der Waals surface area contributed by atoms with E-state index in [0.29, 0.717) is 0 Å². The number of nitrogens with zero attached hydrogens (tertiary/aromatic N) is 2. The Morgan fingerprint density at radius 2 is 1.35 bits per heavy atom. The molecule has 2 unspecified atom stereocenters. The van der Waals surface area contributed by atoms with Crippen molar-refractivity contribution in [2.45, 2.75) is 6.04 Å². The van der Waals surface area contributed by atoms with Gasteiger partial charge in [0.1, 0.15) is 0 Å². The van der Waals surface area contributed by atoms with Crippen LogP contribution in [0.25, 0.3) is 47.6 Å². The van der Waals surface area contributed by atoms with Gasteiger partial charge in [0.2, 0.25) is 0 Å². The van der Waals surface area contributed by atoms with Gasteiger partial charge in [-0.25, -0.2) is 0 Å². The Balaban J connectivity index is 1.50. The first-order chi connectivity index (χ1) is 16.8. The summed E-state index contributed by atoms with van der Waals surface area (Å²) in [7, 11) is 0. The standard InChI is InChI=1S/C31H20N2S/c32-19-21-8-7-12-22(20-16-17-30-26(18-20)25-11-3-6-15-29(25)34-30)31(21)33-27-13-4-1-9-23(27)24-10-2-5-14-28(24)33/h1-18,21,31H. The molecule has 160 valence electrons. The van der Waals surface area contributed by atoms with Gasteiger partial charge >= 0.3 is 0 Å². The van der Waals surface area contributed by atoms with Gasteiger partial charge in [0.25, 0.3) is 0 Å². The second-order valence-electron chi connectivity index (χ2n) is 8.82. The maximum Gasteiger partial charge on any atom is 0.0895 e. The first kappa shape index (κ1) is 19.3. The van der Waals surface area contributed by atoms with Gasteiger partial charge in [-0.1, -0.05) is 78.9 Å². The lowest BCUT2D eigenvalue weighted by Gasteiger charge is -2.29. The van der Waals surface area contributed by atoms with Crippen molar-refractivity contribution < 1.29 is 0 Å². The van der Waals surface area contributed by atoms with Crippen LogP contribution in [0.2, 0.25) is 0 Å². The molecule has 34 heavy (non-hydrogen) atoms. The number of aromatic nitrogens is 1. The minimum absolute atomic E-state index is 0.109. The van der Waals surface area contributed by atoms with Crippen LogP contribution >= 0.6 is 11.3 Å². The van der Waals surface area contributed by atoms with Gasteiger partial charge < -0.3 is 4.57 Å². The molecule has 0 bridgehead atoms. The van der Waals surface area contributed by atoms with Crippen LogP contribution in [-0.2, 0) is 0 Å². The Morgan fingerprint density at radius 3 is 2.09 bits per heavy atom. The molecule has 7 rings (SSSR count). The van der Waals surface area contributed by atoms with E-state index < -0.39 is 0 Å². The molecule has 0 saturated carbocycles. The summed E-state index contributed by atoms with van der Waals surface area (Å²) in [5, 5.41) is 15.2. The van der Waals surface area contributed by atoms with Crippen molar-refractivity contribution in [2.75, 3.05) is 0 Å². The highest BCUT2D eigenvalue weighted by Gasteiger charge is 2.30. The fraction of sp³-hybridized carbons (Fsp3) is 0.0645. The third-order valence-electron chi connectivity index (χ3n) is 7.01. The predicted octanol–water partition coefficient (Wildman–Crippen LogP) is 8.50. The summed E-state index contributed by atoms with van der Waals surface area (Å²) >= 11 is 1.83. The summed E-state index contributed by atoms with van der Waals surface area (Å²) in [5.41, 5.74) is 4.68. The molecule has 2 atom stereocenters. The van der Waals surface area contributed by atoms with Crippen LogP contribution < -0.4 is 0 Å². The number of thiophene rings is 1. The van der Waals surface area contributed by atoms with E-state index in [4.69, 9.17) is 0 Å². The topological polar surface area (TPSA) is 28.7 Å². The molecular formula is C31H20N2S. The van der Waals surface area contributed by atoms with E-state index in [1.54, 1.807) is 0 Å². The highest BCUT2D eigenvalue weighted by molar-refractivity contribution is 7.25. The average Bonchev–Trinajstić information content (AvgIpc) is 3.43. The fourth-order valence-electron chi connectivity index (χ4n) is 5.51. The third-order valence-corrected chi connectivity index (χ3v) is 8.16. The van der Waals surface area contributed by atoms with Crippen LogP contribution in [0.4, 0.5) is 0 Å². The normalized spacial score (nSPS) is 18.0. The van der Waals surface area contributed by atoms with Crippen molar-refractivity contribution in [2.24, 2.45) is 5.92 Å². The zero-order valence-corrected chi connectivity index (χ0v) is 19.2. The molecule has 0 radical (unpaired) electrons. The molecule has 0 saturated heterocycles. The van der Waals surface area contributed by atoms with Gasteiger partial charge in [-0.05, 0) is 41.5 Å². The van der Waals surface area contributed by atoms with Crippen LogP contribution in [0, 0.1) is 17.2 Å². The maximum absolute atomic E-state index is 10.2. The maximum atomic E-state index is 10.2. The molecule has 2 nitrogen and oxygen atoms in total. The van der Waals surface area contributed by atoms with E-state index in [0.717, 1.165) is 11.0 Å². The first-order valence-corrected chi connectivity index (χ1v) is 12.3. The number of rotatable bonds is 2. The van der Waals surface area contributed by atoms with Crippen molar-refractivity contribution in [3.63, 3.8) is 0 Å². The summed E-state index contributed by atoms with van der Waals surface area (Å²) in [6.45, 7) is 0. The molecule has 0 N–H and O–H groups in total. The molecule has 6 aromatic rings. The summed E-state index contributed by atoms with van der Waals surface area (Å²) < 4.78 is 4.98. The summed E-state index contributed by atoms with van der Waals surface area (Å²) in [4.78, 5) is 0. The monoisotopic (exact) mass is 452 g/mol. The Labute approximate surface area is 201 Å². The van der Waals surface area contributed by atoms with E-state index in [9.17, 15) is 5.26 Å². The number of benzene rings is 4. The fourth-order valence-corrected chi connectivity index (χ4v) is 6.60. The number of nitriles is 1. The molecule has 3 heteroatoms. The summed E-state index contributed by atoms with van der Waals surface area (Å²) in [6, 6.07) is 34.9. The van der Waals surface area contributed by atoms with Gasteiger partial charge in [0, 0.05) is 42.0 Å². The van der Waals surface area contributed by atoms with Gasteiger partial charge in [-0.2, -0.15) is 5.26 Å². The van der Waals surface area contributed by atoms with Crippen LogP contribution in [0.5, 0.6) is 0 Å². The van der Waals surface area contributed by atoms with Gasteiger partial charge in [-0.15, -0.1) is 11.3 Å². The lowest BCUT2D eigenvalue weighted by molar-refractivity contribution is 0.576.